The van der Waals surface area contributed by atoms with E-state index in [1.807, 2.05) is 247 Å². The molecule has 0 saturated carbocycles. The van der Waals surface area contributed by atoms with Gasteiger partial charge in [-0.15, -0.1) is 0 Å². The molecule has 510 valence electrons. The molecule has 0 amide bonds. The van der Waals surface area contributed by atoms with E-state index in [0.29, 0.717) is 85.0 Å². The zero-order valence-corrected chi connectivity index (χ0v) is 57.0. The second-order valence-corrected chi connectivity index (χ2v) is 24.6. The van der Waals surface area contributed by atoms with Gasteiger partial charge in [0.2, 0.25) is 57.1 Å². The number of benzene rings is 10. The summed E-state index contributed by atoms with van der Waals surface area (Å²) in [5.41, 5.74) is 13.6. The van der Waals surface area contributed by atoms with Gasteiger partial charge in [0.05, 0.1) is 30.3 Å². The van der Waals surface area contributed by atoms with Crippen LogP contribution in [0.5, 0.6) is 0 Å². The molecule has 0 fully saturated rings. The van der Waals surface area contributed by atoms with Crippen LogP contribution in [0.1, 0.15) is 27.8 Å². The lowest BCUT2D eigenvalue weighted by Gasteiger charge is -2.02. The first-order valence-electron chi connectivity index (χ1n) is 33.4. The Kier molecular flexibility index (Phi) is 18.0. The predicted octanol–water partition coefficient (Wildman–Crippen LogP) is 22.5. The number of fused-ring (bicyclic) bond motifs is 20. The highest BCUT2D eigenvalue weighted by Gasteiger charge is 2.12. The zero-order valence-electron chi connectivity index (χ0n) is 57.0. The third-order valence-corrected chi connectivity index (χ3v) is 15.9. The Morgan fingerprint density at radius 1 is 0.152 bits per heavy atom. The number of aryl methyl sites for hydroxylation is 5. The van der Waals surface area contributed by atoms with Crippen LogP contribution < -0.4 is 0 Å². The van der Waals surface area contributed by atoms with Crippen molar-refractivity contribution in [3.63, 3.8) is 0 Å². The SMILES string of the molecule is Cc1cc2cc(c1)oc1cc(nc(-c3ccccc3)n1)oc1cc(C)cc(c1)oc1cc(nc(-c3ccccc3)n1)oc1cc(C)cc(c1)oc1cc(nc(-c3ccccc3)n1)oc1cc(C)cc(c1)oc1cc(nc(-c3ccccc3)n1)oc1cc(C)cc(c1)oc1cc(nc(-c3ccccc3)n1)o2. The molecule has 6 aromatic heterocycles. The molecule has 0 radical (unpaired) electrons. The second kappa shape index (κ2) is 29.1. The Morgan fingerprint density at radius 2 is 0.276 bits per heavy atom. The van der Waals surface area contributed by atoms with Gasteiger partial charge >= 0.3 is 0 Å². The topological polar surface area (TPSA) is 260 Å². The maximum absolute atomic E-state index is 6.64. The first kappa shape index (κ1) is 65.2. The lowest BCUT2D eigenvalue weighted by Crippen LogP contribution is -1.90. The van der Waals surface area contributed by atoms with Gasteiger partial charge in [0, 0.05) is 58.1 Å². The number of aromatic nitrogens is 10. The second-order valence-electron chi connectivity index (χ2n) is 24.6. The molecule has 0 aliphatic rings. The van der Waals surface area contributed by atoms with Gasteiger partial charge in [-0.2, -0.15) is 49.8 Å². The largest absolute Gasteiger partial charge is 0.439 e. The highest BCUT2D eigenvalue weighted by Crippen LogP contribution is 2.28. The van der Waals surface area contributed by atoms with E-state index in [4.69, 9.17) is 94.0 Å². The maximum atomic E-state index is 6.64. The minimum absolute atomic E-state index is 0.185. The Bertz CT molecular complexity index is 5430. The summed E-state index contributed by atoms with van der Waals surface area (Å²) in [5, 5.41) is 0. The molecule has 0 atom stereocenters. The Balaban J connectivity index is 0.958. The Morgan fingerprint density at radius 3 is 0.400 bits per heavy atom. The van der Waals surface area contributed by atoms with Gasteiger partial charge in [-0.3, -0.25) is 0 Å². The van der Waals surface area contributed by atoms with Gasteiger partial charge < -0.3 is 44.2 Å². The fourth-order valence-electron chi connectivity index (χ4n) is 11.5. The van der Waals surface area contributed by atoms with Crippen molar-refractivity contribution in [2.45, 2.75) is 34.6 Å². The van der Waals surface area contributed by atoms with Gasteiger partial charge in [-0.1, -0.05) is 152 Å². The fourth-order valence-corrected chi connectivity index (χ4v) is 11.5. The summed E-state index contributed by atoms with van der Waals surface area (Å²) in [6, 6.07) is 83.2. The van der Waals surface area contributed by atoms with Crippen molar-refractivity contribution in [2.75, 3.05) is 0 Å². The monoisotopic (exact) mass is 1380 g/mol. The van der Waals surface area contributed by atoms with E-state index in [2.05, 4.69) is 0 Å². The molecule has 20 bridgehead atoms. The number of hydrogen-bond donors (Lipinski definition) is 0. The van der Waals surface area contributed by atoms with Crippen LogP contribution in [-0.4, -0.2) is 49.8 Å². The Labute approximate surface area is 596 Å². The zero-order chi connectivity index (χ0) is 71.2. The molecule has 20 heteroatoms. The van der Waals surface area contributed by atoms with E-state index in [1.165, 1.54) is 0 Å². The van der Waals surface area contributed by atoms with Crippen molar-refractivity contribution in [2.24, 2.45) is 0 Å². The summed E-state index contributed by atoms with van der Waals surface area (Å²) in [6.07, 6.45) is 0. The van der Waals surface area contributed by atoms with E-state index in [-0.39, 0.29) is 57.1 Å². The van der Waals surface area contributed by atoms with Crippen molar-refractivity contribution in [1.82, 2.24) is 49.8 Å². The van der Waals surface area contributed by atoms with Gasteiger partial charge in [0.25, 0.3) is 0 Å². The first-order valence-corrected chi connectivity index (χ1v) is 33.4. The van der Waals surface area contributed by atoms with Crippen molar-refractivity contribution in [1.29, 1.82) is 0 Å². The highest BCUT2D eigenvalue weighted by molar-refractivity contribution is 5.72. The van der Waals surface area contributed by atoms with Gasteiger partial charge in [0.15, 0.2) is 29.1 Å². The summed E-state index contributed by atoms with van der Waals surface area (Å²) >= 11 is 0. The fraction of sp³-hybridized carbons (Fsp3) is 0.0588. The van der Waals surface area contributed by atoms with Crippen molar-refractivity contribution >= 4 is 113 Å². The molecule has 0 aliphatic heterocycles. The molecule has 10 aromatic carbocycles. The molecule has 16 aromatic rings. The van der Waals surface area contributed by atoms with Gasteiger partial charge in [0.1, 0.15) is 55.8 Å². The highest BCUT2D eigenvalue weighted by atomic mass is 16.4. The van der Waals surface area contributed by atoms with Crippen LogP contribution in [0.3, 0.4) is 0 Å². The molecule has 20 nitrogen and oxygen atoms in total. The maximum Gasteiger partial charge on any atom is 0.226 e. The van der Waals surface area contributed by atoms with Crippen molar-refractivity contribution < 1.29 is 44.2 Å². The summed E-state index contributed by atoms with van der Waals surface area (Å²) < 4.78 is 66.4. The molecule has 0 spiro atoms. The van der Waals surface area contributed by atoms with Crippen LogP contribution in [0, 0.1) is 34.6 Å². The number of hydrogen-bond acceptors (Lipinski definition) is 20. The predicted molar refractivity (Wildman–Crippen MR) is 403 cm³/mol. The van der Waals surface area contributed by atoms with Gasteiger partial charge in [-0.05, 0) is 123 Å². The van der Waals surface area contributed by atoms with Crippen LogP contribution in [0.25, 0.3) is 170 Å². The van der Waals surface area contributed by atoms with Crippen LogP contribution in [0.2, 0.25) is 0 Å². The molecule has 0 aliphatic carbocycles. The number of nitrogens with zero attached hydrogens (tertiary/aromatic N) is 10. The normalized spacial score (nSPS) is 11.1. The van der Waals surface area contributed by atoms with Crippen LogP contribution >= 0.6 is 0 Å². The summed E-state index contributed by atoms with van der Waals surface area (Å²) in [6.45, 7) is 9.65. The van der Waals surface area contributed by atoms with Crippen molar-refractivity contribution in [3.05, 3.63) is 301 Å². The van der Waals surface area contributed by atoms with E-state index in [9.17, 15) is 0 Å². The van der Waals surface area contributed by atoms with Crippen LogP contribution in [0.4, 0.5) is 0 Å². The van der Waals surface area contributed by atoms with E-state index in [0.717, 1.165) is 55.6 Å². The molecular formula is C85H60N10O10. The van der Waals surface area contributed by atoms with Crippen LogP contribution in [0.15, 0.2) is 317 Å². The summed E-state index contributed by atoms with van der Waals surface area (Å²) in [5.74, 6) is 1.74. The minimum atomic E-state index is 0.185. The lowest BCUT2D eigenvalue weighted by molar-refractivity contribution is 0.610. The Hall–Kier alpha value is -14.4. The molecule has 0 saturated heterocycles. The minimum Gasteiger partial charge on any atom is -0.439 e. The van der Waals surface area contributed by atoms with Crippen LogP contribution in [-0.2, 0) is 0 Å². The lowest BCUT2D eigenvalue weighted by atomic mass is 10.2. The molecule has 16 rings (SSSR count). The first-order chi connectivity index (χ1) is 51.3. The standard InChI is InChI=1S/C85H60N10O10/c1-51-31-61-41-62(32-51)97-72-47-74(89-82(87-72)57-23-13-7-14-24-57)99-64-34-53(3)36-66(43-64)101-76-49-78(93-84(91-76)59-27-17-9-18-28-59)103-68-38-55(5)40-70(45-68)105-80-50-79(94-85(95-80)60-29-19-10-20-30-60)104-69-39-54(4)37-67(44-69)102-77-48-75(90-83(92-77)58-25-15-8-16-26-58)100-65-35-52(2)33-63(42-65)98-73-46-71(96-61)86-81(88-73)56-21-11-6-12-22-56/h6-50H,1-5H3. The summed E-state index contributed by atoms with van der Waals surface area (Å²) in [4.78, 5) is 48.8. The van der Waals surface area contributed by atoms with E-state index >= 15 is 0 Å². The van der Waals surface area contributed by atoms with E-state index in [1.54, 1.807) is 60.7 Å². The smallest absolute Gasteiger partial charge is 0.226 e. The number of rotatable bonds is 5. The molecule has 0 N–H and O–H groups in total. The average molecular weight is 1380 g/mol. The van der Waals surface area contributed by atoms with Gasteiger partial charge in [-0.25, -0.2) is 0 Å². The van der Waals surface area contributed by atoms with E-state index < -0.39 is 0 Å². The molecule has 105 heavy (non-hydrogen) atoms. The summed E-state index contributed by atoms with van der Waals surface area (Å²) in [7, 11) is 0. The third-order valence-electron chi connectivity index (χ3n) is 15.9. The molecular weight excluding hydrogens is 1320 g/mol. The molecule has 6 heterocycles. The average Bonchev–Trinajstić information content (AvgIpc) is 0.820. The molecule has 0 unspecified atom stereocenters. The third kappa shape index (κ3) is 16.3. The quantitative estimate of drug-likeness (QED) is 0.155. The van der Waals surface area contributed by atoms with Crippen molar-refractivity contribution in [3.8, 4) is 56.9 Å².